The zero-order chi connectivity index (χ0) is 14.4. The Morgan fingerprint density at radius 2 is 2.25 bits per heavy atom. The maximum atomic E-state index is 8.99. The molecule has 108 valence electrons. The molecule has 0 radical (unpaired) electrons. The van der Waals surface area contributed by atoms with Crippen molar-refractivity contribution in [2.24, 2.45) is 0 Å². The van der Waals surface area contributed by atoms with E-state index in [1.165, 1.54) is 31.4 Å². The summed E-state index contributed by atoms with van der Waals surface area (Å²) in [7, 11) is 0. The number of hydrogen-bond donors (Lipinski definition) is 1. The number of hydrogen-bond acceptors (Lipinski definition) is 3. The van der Waals surface area contributed by atoms with Crippen molar-refractivity contribution < 1.29 is 0 Å². The lowest BCUT2D eigenvalue weighted by Crippen LogP contribution is -2.46. The van der Waals surface area contributed by atoms with Gasteiger partial charge in [0.2, 0.25) is 0 Å². The quantitative estimate of drug-likeness (QED) is 0.895. The summed E-state index contributed by atoms with van der Waals surface area (Å²) in [5.41, 5.74) is 2.01. The lowest BCUT2D eigenvalue weighted by molar-refractivity contribution is 0.135. The molecule has 1 aliphatic rings. The van der Waals surface area contributed by atoms with Crippen molar-refractivity contribution in [1.29, 1.82) is 5.26 Å². The van der Waals surface area contributed by atoms with Gasteiger partial charge in [-0.3, -0.25) is 4.90 Å². The summed E-state index contributed by atoms with van der Waals surface area (Å²) >= 11 is 0. The van der Waals surface area contributed by atoms with Gasteiger partial charge in [-0.25, -0.2) is 0 Å². The van der Waals surface area contributed by atoms with Gasteiger partial charge in [-0.15, -0.1) is 0 Å². The fraction of sp³-hybridized carbons (Fsp3) is 0.588. The minimum atomic E-state index is 0.542. The Labute approximate surface area is 122 Å². The third kappa shape index (κ3) is 4.33. The molecule has 0 saturated carbocycles. The van der Waals surface area contributed by atoms with Crippen LogP contribution in [0.25, 0.3) is 0 Å². The molecule has 2 rings (SSSR count). The van der Waals surface area contributed by atoms with Crippen molar-refractivity contribution in [2.75, 3.05) is 13.1 Å². The third-order valence-electron chi connectivity index (χ3n) is 3.95. The maximum absolute atomic E-state index is 8.99. The normalized spacial score (nSPS) is 20.0. The Kier molecular flexibility index (Phi) is 5.58. The topological polar surface area (TPSA) is 39.1 Å². The summed E-state index contributed by atoms with van der Waals surface area (Å²) in [4.78, 5) is 2.56. The van der Waals surface area contributed by atoms with Gasteiger partial charge in [0.05, 0.1) is 11.6 Å². The molecule has 0 aliphatic carbocycles. The molecule has 0 bridgehead atoms. The summed E-state index contributed by atoms with van der Waals surface area (Å²) in [6.45, 7) is 7.59. The van der Waals surface area contributed by atoms with Gasteiger partial charge in [0.1, 0.15) is 0 Å². The molecule has 1 aromatic rings. The van der Waals surface area contributed by atoms with Crippen molar-refractivity contribution in [3.63, 3.8) is 0 Å². The maximum Gasteiger partial charge on any atom is 0.0991 e. The van der Waals surface area contributed by atoms with E-state index in [9.17, 15) is 0 Å². The van der Waals surface area contributed by atoms with Gasteiger partial charge >= 0.3 is 0 Å². The predicted molar refractivity (Wildman–Crippen MR) is 82.3 cm³/mol. The van der Waals surface area contributed by atoms with Gasteiger partial charge in [-0.2, -0.15) is 5.26 Å². The van der Waals surface area contributed by atoms with Crippen LogP contribution in [-0.2, 0) is 6.54 Å². The van der Waals surface area contributed by atoms with Crippen LogP contribution in [0.3, 0.4) is 0 Å². The first kappa shape index (κ1) is 15.0. The molecule has 1 atom stereocenters. The third-order valence-corrected chi connectivity index (χ3v) is 3.95. The van der Waals surface area contributed by atoms with Gasteiger partial charge in [0.25, 0.3) is 0 Å². The molecule has 1 unspecified atom stereocenters. The Hall–Kier alpha value is -1.37. The number of rotatable bonds is 5. The summed E-state index contributed by atoms with van der Waals surface area (Å²) < 4.78 is 0. The van der Waals surface area contributed by atoms with Crippen LogP contribution in [0.15, 0.2) is 24.3 Å². The van der Waals surface area contributed by atoms with Gasteiger partial charge in [0.15, 0.2) is 0 Å². The molecule has 1 aromatic carbocycles. The summed E-state index contributed by atoms with van der Waals surface area (Å²) in [5.74, 6) is 0. The highest BCUT2D eigenvalue weighted by Crippen LogP contribution is 2.19. The highest BCUT2D eigenvalue weighted by atomic mass is 15.2. The lowest BCUT2D eigenvalue weighted by atomic mass is 10.0. The second-order valence-corrected chi connectivity index (χ2v) is 6.00. The van der Waals surface area contributed by atoms with Crippen LogP contribution in [0.2, 0.25) is 0 Å². The van der Waals surface area contributed by atoms with E-state index in [-0.39, 0.29) is 0 Å². The van der Waals surface area contributed by atoms with Crippen molar-refractivity contribution in [2.45, 2.75) is 51.7 Å². The van der Waals surface area contributed by atoms with Crippen LogP contribution in [0, 0.1) is 11.3 Å². The first-order chi connectivity index (χ1) is 9.69. The molecule has 3 nitrogen and oxygen atoms in total. The Morgan fingerprint density at radius 1 is 1.40 bits per heavy atom. The summed E-state index contributed by atoms with van der Waals surface area (Å²) in [6, 6.07) is 11.4. The number of nitriles is 1. The molecule has 1 fully saturated rings. The van der Waals surface area contributed by atoms with Gasteiger partial charge in [0, 0.05) is 25.2 Å². The molecular weight excluding hydrogens is 246 g/mol. The first-order valence-corrected chi connectivity index (χ1v) is 7.65. The van der Waals surface area contributed by atoms with E-state index in [4.69, 9.17) is 5.26 Å². The number of likely N-dealkylation sites (tertiary alicyclic amines) is 1. The van der Waals surface area contributed by atoms with Gasteiger partial charge in [-0.1, -0.05) is 32.4 Å². The van der Waals surface area contributed by atoms with Crippen LogP contribution < -0.4 is 5.32 Å². The summed E-state index contributed by atoms with van der Waals surface area (Å²) in [5, 5.41) is 12.6. The average Bonchev–Trinajstić information content (AvgIpc) is 2.46. The minimum absolute atomic E-state index is 0.542. The highest BCUT2D eigenvalue weighted by molar-refractivity contribution is 5.32. The average molecular weight is 271 g/mol. The van der Waals surface area contributed by atoms with Gasteiger partial charge in [-0.05, 0) is 37.1 Å². The van der Waals surface area contributed by atoms with E-state index in [1.807, 2.05) is 18.2 Å². The van der Waals surface area contributed by atoms with Crippen LogP contribution in [0.5, 0.6) is 0 Å². The van der Waals surface area contributed by atoms with E-state index < -0.39 is 0 Å². The zero-order valence-corrected chi connectivity index (χ0v) is 12.6. The van der Waals surface area contributed by atoms with E-state index in [2.05, 4.69) is 36.2 Å². The lowest BCUT2D eigenvalue weighted by Gasteiger charge is -2.36. The highest BCUT2D eigenvalue weighted by Gasteiger charge is 2.22. The number of piperidine rings is 1. The van der Waals surface area contributed by atoms with E-state index in [0.717, 1.165) is 18.7 Å². The fourth-order valence-electron chi connectivity index (χ4n) is 2.84. The number of nitrogens with zero attached hydrogens (tertiary/aromatic N) is 2. The summed E-state index contributed by atoms with van der Waals surface area (Å²) in [6.07, 6.45) is 3.90. The van der Waals surface area contributed by atoms with Crippen LogP contribution >= 0.6 is 0 Å². The first-order valence-electron chi connectivity index (χ1n) is 7.65. The predicted octanol–water partition coefficient (Wildman–Crippen LogP) is 2.91. The monoisotopic (exact) mass is 271 g/mol. The number of nitrogens with one attached hydrogen (secondary N) is 1. The molecule has 1 N–H and O–H groups in total. The zero-order valence-electron chi connectivity index (χ0n) is 12.6. The molecule has 1 heterocycles. The SMILES string of the molecule is CC(C)NCC1CCCCN1Cc1cccc(C#N)c1. The molecule has 3 heteroatoms. The Morgan fingerprint density at radius 3 is 3.00 bits per heavy atom. The molecule has 0 spiro atoms. The van der Waals surface area contributed by atoms with Crippen LogP contribution in [-0.4, -0.2) is 30.1 Å². The Bertz CT molecular complexity index is 462. The van der Waals surface area contributed by atoms with E-state index >= 15 is 0 Å². The second-order valence-electron chi connectivity index (χ2n) is 6.00. The van der Waals surface area contributed by atoms with Crippen LogP contribution in [0.4, 0.5) is 0 Å². The van der Waals surface area contributed by atoms with E-state index in [0.29, 0.717) is 12.1 Å². The molecule has 1 aliphatic heterocycles. The largest absolute Gasteiger partial charge is 0.313 e. The molecule has 20 heavy (non-hydrogen) atoms. The molecule has 0 amide bonds. The van der Waals surface area contributed by atoms with E-state index in [1.54, 1.807) is 0 Å². The Balaban J connectivity index is 1.99. The van der Waals surface area contributed by atoms with Crippen LogP contribution in [0.1, 0.15) is 44.2 Å². The minimum Gasteiger partial charge on any atom is -0.313 e. The van der Waals surface area contributed by atoms with Gasteiger partial charge < -0.3 is 5.32 Å². The molecular formula is C17H25N3. The van der Waals surface area contributed by atoms with Crippen molar-refractivity contribution >= 4 is 0 Å². The molecule has 0 aromatic heterocycles. The molecule has 1 saturated heterocycles. The second kappa shape index (κ2) is 7.42. The van der Waals surface area contributed by atoms with Crippen molar-refractivity contribution in [3.05, 3.63) is 35.4 Å². The smallest absolute Gasteiger partial charge is 0.0991 e. The standard InChI is InChI=1S/C17H25N3/c1-14(2)19-12-17-8-3-4-9-20(17)13-16-7-5-6-15(10-16)11-18/h5-7,10,14,17,19H,3-4,8-9,12-13H2,1-2H3. The fourth-order valence-corrected chi connectivity index (χ4v) is 2.84. The van der Waals surface area contributed by atoms with Crippen molar-refractivity contribution in [3.8, 4) is 6.07 Å². The van der Waals surface area contributed by atoms with Crippen molar-refractivity contribution in [1.82, 2.24) is 10.2 Å². The number of benzene rings is 1.